The standard InChI is InChI=1S/C20H38O7S/c1-5-9-11-13-15-16(14-12-10-6-2)20(18(23)24,28(25,26)27)19(7-3,8-4)17(21)22/h16H,5-15H2,1-4H3,(H,21,22)(H,23,24)(H,25,26,27). The summed E-state index contributed by atoms with van der Waals surface area (Å²) >= 11 is 0. The zero-order chi connectivity index (χ0) is 22.0. The normalized spacial score (nSPS) is 15.8. The number of hydrogen-bond acceptors (Lipinski definition) is 4. The largest absolute Gasteiger partial charge is 0.481 e. The molecule has 0 aliphatic heterocycles. The predicted octanol–water partition coefficient (Wildman–Crippen LogP) is 4.76. The molecule has 0 aromatic rings. The topological polar surface area (TPSA) is 129 Å². The van der Waals surface area contributed by atoms with Gasteiger partial charge in [-0.25, -0.2) is 0 Å². The molecule has 0 heterocycles. The van der Waals surface area contributed by atoms with E-state index in [2.05, 4.69) is 0 Å². The molecule has 8 heteroatoms. The first-order chi connectivity index (χ1) is 13.0. The summed E-state index contributed by atoms with van der Waals surface area (Å²) in [5.74, 6) is -4.23. The zero-order valence-corrected chi connectivity index (χ0v) is 18.6. The van der Waals surface area contributed by atoms with E-state index in [4.69, 9.17) is 0 Å². The van der Waals surface area contributed by atoms with E-state index in [1.165, 1.54) is 13.8 Å². The van der Waals surface area contributed by atoms with E-state index in [0.717, 1.165) is 32.1 Å². The number of unbranched alkanes of at least 4 members (excludes halogenated alkanes) is 5. The van der Waals surface area contributed by atoms with Crippen LogP contribution in [0.4, 0.5) is 0 Å². The van der Waals surface area contributed by atoms with E-state index in [9.17, 15) is 32.8 Å². The van der Waals surface area contributed by atoms with Crippen molar-refractivity contribution < 1.29 is 32.8 Å². The Kier molecular flexibility index (Phi) is 11.3. The van der Waals surface area contributed by atoms with E-state index < -0.39 is 38.1 Å². The third-order valence-corrected chi connectivity index (χ3v) is 7.90. The van der Waals surface area contributed by atoms with Crippen molar-refractivity contribution in [2.75, 3.05) is 0 Å². The predicted molar refractivity (Wildman–Crippen MR) is 109 cm³/mol. The number of aliphatic carboxylic acids is 2. The number of rotatable bonds is 16. The molecule has 0 aliphatic carbocycles. The smallest absolute Gasteiger partial charge is 0.329 e. The molecular formula is C20H38O7S. The molecule has 0 spiro atoms. The van der Waals surface area contributed by atoms with Crippen LogP contribution in [0.25, 0.3) is 0 Å². The lowest BCUT2D eigenvalue weighted by atomic mass is 9.63. The highest BCUT2D eigenvalue weighted by molar-refractivity contribution is 7.88. The third kappa shape index (κ3) is 5.26. The summed E-state index contributed by atoms with van der Waals surface area (Å²) in [5.41, 5.74) is -2.10. The monoisotopic (exact) mass is 422 g/mol. The summed E-state index contributed by atoms with van der Waals surface area (Å²) in [6, 6.07) is 0. The molecule has 0 saturated heterocycles. The molecule has 0 fully saturated rings. The van der Waals surface area contributed by atoms with Gasteiger partial charge in [-0.2, -0.15) is 8.42 Å². The average Bonchev–Trinajstić information content (AvgIpc) is 2.60. The molecule has 0 aromatic carbocycles. The van der Waals surface area contributed by atoms with Crippen molar-refractivity contribution in [3.8, 4) is 0 Å². The molecule has 7 nitrogen and oxygen atoms in total. The fraction of sp³-hybridized carbons (Fsp3) is 0.900. The van der Waals surface area contributed by atoms with Crippen molar-refractivity contribution in [3.63, 3.8) is 0 Å². The Hall–Kier alpha value is -1.15. The molecular weight excluding hydrogens is 384 g/mol. The molecule has 166 valence electrons. The minimum absolute atomic E-state index is 0.204. The quantitative estimate of drug-likeness (QED) is 0.242. The van der Waals surface area contributed by atoms with E-state index in [-0.39, 0.29) is 25.7 Å². The first-order valence-corrected chi connectivity index (χ1v) is 11.9. The van der Waals surface area contributed by atoms with Crippen LogP contribution in [0.1, 0.15) is 98.3 Å². The molecule has 28 heavy (non-hydrogen) atoms. The number of hydrogen-bond donors (Lipinski definition) is 3. The van der Waals surface area contributed by atoms with Gasteiger partial charge in [0.05, 0.1) is 0 Å². The fourth-order valence-electron chi connectivity index (χ4n) is 4.58. The lowest BCUT2D eigenvalue weighted by molar-refractivity contribution is -0.164. The van der Waals surface area contributed by atoms with Gasteiger partial charge in [-0.1, -0.05) is 72.6 Å². The lowest BCUT2D eigenvalue weighted by Crippen LogP contribution is -2.66. The van der Waals surface area contributed by atoms with Crippen LogP contribution >= 0.6 is 0 Å². The van der Waals surface area contributed by atoms with Crippen LogP contribution in [0.2, 0.25) is 0 Å². The van der Waals surface area contributed by atoms with Gasteiger partial charge in [0.15, 0.2) is 0 Å². The van der Waals surface area contributed by atoms with E-state index in [1.807, 2.05) is 13.8 Å². The summed E-state index contributed by atoms with van der Waals surface area (Å²) in [4.78, 5) is 24.8. The second-order valence-electron chi connectivity index (χ2n) is 7.65. The molecule has 0 rings (SSSR count). The van der Waals surface area contributed by atoms with Crippen molar-refractivity contribution in [2.24, 2.45) is 11.3 Å². The Morgan fingerprint density at radius 2 is 1.21 bits per heavy atom. The van der Waals surface area contributed by atoms with Crippen LogP contribution in [0.15, 0.2) is 0 Å². The van der Waals surface area contributed by atoms with Crippen LogP contribution < -0.4 is 0 Å². The van der Waals surface area contributed by atoms with Gasteiger partial charge in [0.1, 0.15) is 5.41 Å². The highest BCUT2D eigenvalue weighted by atomic mass is 32.2. The van der Waals surface area contributed by atoms with E-state index >= 15 is 0 Å². The van der Waals surface area contributed by atoms with Crippen LogP contribution in [-0.4, -0.2) is 39.9 Å². The number of carboxylic acid groups (broad SMARTS) is 2. The molecule has 0 amide bonds. The summed E-state index contributed by atoms with van der Waals surface area (Å²) in [7, 11) is -5.21. The maximum Gasteiger partial charge on any atom is 0.329 e. The van der Waals surface area contributed by atoms with Crippen LogP contribution in [-0.2, 0) is 19.7 Å². The van der Waals surface area contributed by atoms with E-state index in [1.54, 1.807) is 0 Å². The third-order valence-electron chi connectivity index (χ3n) is 6.19. The van der Waals surface area contributed by atoms with Gasteiger partial charge in [-0.15, -0.1) is 0 Å². The van der Waals surface area contributed by atoms with Gasteiger partial charge in [-0.05, 0) is 31.6 Å². The van der Waals surface area contributed by atoms with Crippen molar-refractivity contribution in [3.05, 3.63) is 0 Å². The van der Waals surface area contributed by atoms with E-state index in [0.29, 0.717) is 12.8 Å². The van der Waals surface area contributed by atoms with Gasteiger partial charge in [-0.3, -0.25) is 14.1 Å². The summed E-state index contributed by atoms with van der Waals surface area (Å²) < 4.78 is 32.7. The first kappa shape index (κ1) is 26.9. The average molecular weight is 423 g/mol. The van der Waals surface area contributed by atoms with Gasteiger partial charge < -0.3 is 10.2 Å². The van der Waals surface area contributed by atoms with Gasteiger partial charge in [0.2, 0.25) is 4.75 Å². The van der Waals surface area contributed by atoms with Crippen molar-refractivity contribution in [2.45, 2.75) is 103 Å². The SMILES string of the molecule is CCCCCCC(CCCCC)C(C(=O)O)(C(CC)(CC)C(=O)O)S(=O)(=O)O. The Morgan fingerprint density at radius 3 is 1.54 bits per heavy atom. The Labute approximate surface area is 169 Å². The number of carboxylic acids is 2. The zero-order valence-electron chi connectivity index (χ0n) is 17.7. The summed E-state index contributed by atoms with van der Waals surface area (Å²) in [5, 5.41) is 20.1. The molecule has 0 bridgehead atoms. The minimum Gasteiger partial charge on any atom is -0.481 e. The fourth-order valence-corrected chi connectivity index (χ4v) is 6.33. The van der Waals surface area contributed by atoms with Crippen LogP contribution in [0.3, 0.4) is 0 Å². The maximum atomic E-state index is 12.6. The molecule has 3 N–H and O–H groups in total. The minimum atomic E-state index is -5.21. The molecule has 0 aromatic heterocycles. The second kappa shape index (κ2) is 11.8. The van der Waals surface area contributed by atoms with Gasteiger partial charge >= 0.3 is 11.9 Å². The highest BCUT2D eigenvalue weighted by Crippen LogP contribution is 2.51. The van der Waals surface area contributed by atoms with Crippen LogP contribution in [0, 0.1) is 11.3 Å². The molecule has 2 unspecified atom stereocenters. The maximum absolute atomic E-state index is 12.6. The first-order valence-electron chi connectivity index (χ1n) is 10.5. The summed E-state index contributed by atoms with van der Waals surface area (Å²) in [6.45, 7) is 6.95. The molecule has 2 atom stereocenters. The molecule has 0 aliphatic rings. The van der Waals surface area contributed by atoms with Crippen molar-refractivity contribution in [1.29, 1.82) is 0 Å². The van der Waals surface area contributed by atoms with Crippen molar-refractivity contribution in [1.82, 2.24) is 0 Å². The van der Waals surface area contributed by atoms with Crippen LogP contribution in [0.5, 0.6) is 0 Å². The van der Waals surface area contributed by atoms with Gasteiger partial charge in [0.25, 0.3) is 10.1 Å². The summed E-state index contributed by atoms with van der Waals surface area (Å²) in [6.07, 6.45) is 5.62. The molecule has 0 saturated carbocycles. The van der Waals surface area contributed by atoms with Gasteiger partial charge in [0, 0.05) is 0 Å². The lowest BCUT2D eigenvalue weighted by Gasteiger charge is -2.46. The highest BCUT2D eigenvalue weighted by Gasteiger charge is 2.70. The Bertz CT molecular complexity index is 596. The Balaban J connectivity index is 6.60. The Morgan fingerprint density at radius 1 is 0.786 bits per heavy atom. The van der Waals surface area contributed by atoms with Crippen molar-refractivity contribution >= 4 is 22.1 Å². The second-order valence-corrected chi connectivity index (χ2v) is 9.25. The molecule has 0 radical (unpaired) electrons. The number of carbonyl (C=O) groups is 2.